The van der Waals surface area contributed by atoms with Gasteiger partial charge in [0.25, 0.3) is 0 Å². The molecule has 4 heteroatoms. The summed E-state index contributed by atoms with van der Waals surface area (Å²) in [4.78, 5) is 0. The minimum atomic E-state index is -2.64. The van der Waals surface area contributed by atoms with Crippen molar-refractivity contribution in [2.45, 2.75) is 109 Å². The second kappa shape index (κ2) is 12.7. The zero-order valence-electron chi connectivity index (χ0n) is 19.6. The molecule has 0 unspecified atom stereocenters. The van der Waals surface area contributed by atoms with Gasteiger partial charge >= 0.3 is 183 Å². The van der Waals surface area contributed by atoms with Crippen LogP contribution in [-0.2, 0) is 11.0 Å². The second-order valence-electron chi connectivity index (χ2n) is 9.52. The first kappa shape index (κ1) is 26.2. The summed E-state index contributed by atoms with van der Waals surface area (Å²) in [5.74, 6) is 0. The van der Waals surface area contributed by atoms with Crippen LogP contribution in [0.1, 0.15) is 95.3 Å². The second-order valence-corrected chi connectivity index (χ2v) is 25.2. The van der Waals surface area contributed by atoms with Crippen molar-refractivity contribution >= 4 is 29.4 Å². The Labute approximate surface area is 182 Å². The Morgan fingerprint density at radius 1 is 0.893 bits per heavy atom. The molecule has 0 aliphatic rings. The Bertz CT molecular complexity index is 557. The van der Waals surface area contributed by atoms with Crippen molar-refractivity contribution in [3.05, 3.63) is 35.4 Å². The number of unbranched alkanes of at least 4 members (excludes halogenated alkanes) is 3. The van der Waals surface area contributed by atoms with E-state index in [0.717, 1.165) is 0 Å². The molecule has 0 aliphatic heterocycles. The summed E-state index contributed by atoms with van der Waals surface area (Å²) < 4.78 is 21.3. The zero-order chi connectivity index (χ0) is 21.2. The predicted octanol–water partition coefficient (Wildman–Crippen LogP) is 7.48. The van der Waals surface area contributed by atoms with E-state index in [1.807, 2.05) is 0 Å². The van der Waals surface area contributed by atoms with Crippen LogP contribution in [0.3, 0.4) is 0 Å². The van der Waals surface area contributed by atoms with Gasteiger partial charge in [-0.05, 0) is 0 Å². The fraction of sp³-hybridized carbons (Fsp3) is 0.750. The van der Waals surface area contributed by atoms with Crippen LogP contribution in [0, 0.1) is 6.92 Å². The molecule has 2 nitrogen and oxygen atoms in total. The van der Waals surface area contributed by atoms with Crippen LogP contribution in [-0.4, -0.2) is 27.3 Å². The molecule has 0 saturated carbocycles. The van der Waals surface area contributed by atoms with E-state index >= 15 is 0 Å². The maximum atomic E-state index is 13.2. The maximum absolute atomic E-state index is 13.2. The third kappa shape index (κ3) is 8.10. The van der Waals surface area contributed by atoms with Gasteiger partial charge in [0.15, 0.2) is 0 Å². The summed E-state index contributed by atoms with van der Waals surface area (Å²) in [5, 5.41) is 0. The quantitative estimate of drug-likeness (QED) is 0.272. The van der Waals surface area contributed by atoms with E-state index in [9.17, 15) is 4.21 Å². The molecule has 162 valence electrons. The average Bonchev–Trinajstić information content (AvgIpc) is 2.66. The Balaban J connectivity index is 3.43. The summed E-state index contributed by atoms with van der Waals surface area (Å²) in [6.45, 7) is 15.4. The number of benzene rings is 1. The summed E-state index contributed by atoms with van der Waals surface area (Å²) in [6, 6.07) is 9.09. The van der Waals surface area contributed by atoms with E-state index in [4.69, 9.17) is 0 Å². The van der Waals surface area contributed by atoms with Crippen molar-refractivity contribution in [1.29, 1.82) is 0 Å². The molecule has 1 aromatic carbocycles. The number of rotatable bonds is 13. The number of nitrogens with one attached hydrogen (secondary N) is 1. The van der Waals surface area contributed by atoms with E-state index in [1.54, 1.807) is 0 Å². The molecule has 0 heterocycles. The van der Waals surface area contributed by atoms with E-state index in [2.05, 4.69) is 77.5 Å². The van der Waals surface area contributed by atoms with Crippen LogP contribution in [0.15, 0.2) is 24.3 Å². The molecular weight excluding hydrogens is 469 g/mol. The first-order valence-electron chi connectivity index (χ1n) is 11.4. The van der Waals surface area contributed by atoms with Crippen LogP contribution < -0.4 is 4.72 Å². The molecule has 1 rings (SSSR count). The molecule has 28 heavy (non-hydrogen) atoms. The molecule has 0 spiro atoms. The summed E-state index contributed by atoms with van der Waals surface area (Å²) >= 11 is -2.64. The van der Waals surface area contributed by atoms with Crippen molar-refractivity contribution in [1.82, 2.24) is 4.72 Å². The molecule has 0 amide bonds. The van der Waals surface area contributed by atoms with Crippen molar-refractivity contribution in [3.8, 4) is 0 Å². The molecule has 0 aromatic heterocycles. The summed E-state index contributed by atoms with van der Waals surface area (Å²) in [5.41, 5.74) is 2.69. The van der Waals surface area contributed by atoms with Crippen molar-refractivity contribution < 1.29 is 4.21 Å². The molecule has 1 N–H and O–H groups in total. The first-order chi connectivity index (χ1) is 13.2. The number of hydrogen-bond acceptors (Lipinski definition) is 1. The van der Waals surface area contributed by atoms with Gasteiger partial charge in [-0.25, -0.2) is 0 Å². The van der Waals surface area contributed by atoms with Crippen molar-refractivity contribution in [2.24, 2.45) is 0 Å². The van der Waals surface area contributed by atoms with E-state index in [1.165, 1.54) is 63.0 Å². The first-order valence-corrected chi connectivity index (χ1v) is 20.3. The monoisotopic (exact) mass is 515 g/mol. The van der Waals surface area contributed by atoms with Crippen LogP contribution in [0.4, 0.5) is 0 Å². The van der Waals surface area contributed by atoms with Gasteiger partial charge in [0.05, 0.1) is 0 Å². The average molecular weight is 514 g/mol. The fourth-order valence-electron chi connectivity index (χ4n) is 3.98. The van der Waals surface area contributed by atoms with Gasteiger partial charge in [-0.15, -0.1) is 0 Å². The Kier molecular flexibility index (Phi) is 11.9. The van der Waals surface area contributed by atoms with Crippen LogP contribution >= 0.6 is 0 Å². The number of hydrogen-bond donors (Lipinski definition) is 1. The van der Waals surface area contributed by atoms with E-state index < -0.39 is 29.4 Å². The topological polar surface area (TPSA) is 29.1 Å². The number of aryl methyl sites for hydroxylation is 1. The van der Waals surface area contributed by atoms with Crippen LogP contribution in [0.5, 0.6) is 0 Å². The summed E-state index contributed by atoms with van der Waals surface area (Å²) in [6.07, 6.45) is 7.78. The standard InChI is InChI=1S/C12H18NOS.3C4H9.Sn/c1-10-5-7-11(8-6-10)9-13-15(14)12(2,3)4;3*1-3-4-2;/h5-9,13H,1-4H3;3*1,3-4H2,2H3;/t15-;;;;/m1..../s1. The molecular formula is C24H45NOSSn. The minimum absolute atomic E-state index is 0.235. The third-order valence-corrected chi connectivity index (χ3v) is 24.5. The van der Waals surface area contributed by atoms with Gasteiger partial charge in [-0.2, -0.15) is 0 Å². The molecule has 0 bridgehead atoms. The van der Waals surface area contributed by atoms with Crippen LogP contribution in [0.25, 0.3) is 0 Å². The molecule has 1 aromatic rings. The Hall–Kier alpha value is 0.129. The van der Waals surface area contributed by atoms with Gasteiger partial charge in [0.1, 0.15) is 0 Å². The Morgan fingerprint density at radius 3 is 1.68 bits per heavy atom. The molecule has 0 fully saturated rings. The van der Waals surface area contributed by atoms with E-state index in [-0.39, 0.29) is 4.75 Å². The normalized spacial score (nSPS) is 14.8. The van der Waals surface area contributed by atoms with Gasteiger partial charge < -0.3 is 0 Å². The van der Waals surface area contributed by atoms with Crippen LogP contribution in [0.2, 0.25) is 13.3 Å². The SMILES string of the molecule is CCC[CH2][Sn]([CH2]CCC)([CH2]CCC)[C@H](N[S@](=O)C(C)(C)C)c1ccc(C)cc1. The zero-order valence-corrected chi connectivity index (χ0v) is 23.2. The van der Waals surface area contributed by atoms with Crippen molar-refractivity contribution in [2.75, 3.05) is 0 Å². The predicted molar refractivity (Wildman–Crippen MR) is 130 cm³/mol. The molecule has 0 radical (unpaired) electrons. The molecule has 0 saturated heterocycles. The van der Waals surface area contributed by atoms with E-state index in [0.29, 0.717) is 4.06 Å². The summed E-state index contributed by atoms with van der Waals surface area (Å²) in [7, 11) is -1.03. The van der Waals surface area contributed by atoms with Gasteiger partial charge in [0, 0.05) is 0 Å². The Morgan fingerprint density at radius 2 is 1.32 bits per heavy atom. The molecule has 0 aliphatic carbocycles. The van der Waals surface area contributed by atoms with Crippen molar-refractivity contribution in [3.63, 3.8) is 0 Å². The molecule has 2 atom stereocenters. The van der Waals surface area contributed by atoms with Gasteiger partial charge in [-0.1, -0.05) is 0 Å². The third-order valence-electron chi connectivity index (χ3n) is 5.89. The fourth-order valence-corrected chi connectivity index (χ4v) is 24.2. The van der Waals surface area contributed by atoms with Gasteiger partial charge in [0.2, 0.25) is 0 Å². The van der Waals surface area contributed by atoms with Gasteiger partial charge in [-0.3, -0.25) is 0 Å².